The number of aryl methyl sites for hydroxylation is 1. The van der Waals surface area contributed by atoms with Gasteiger partial charge in [0.15, 0.2) is 0 Å². The van der Waals surface area contributed by atoms with E-state index in [2.05, 4.69) is 10.3 Å². The van der Waals surface area contributed by atoms with Crippen LogP contribution >= 0.6 is 11.6 Å². The van der Waals surface area contributed by atoms with Crippen LogP contribution in [0.15, 0.2) is 78.9 Å². The van der Waals surface area contributed by atoms with E-state index in [1.54, 1.807) is 0 Å². The Bertz CT molecular complexity index is 1160. The number of pyridine rings is 1. The van der Waals surface area contributed by atoms with Crippen molar-refractivity contribution in [3.63, 3.8) is 0 Å². The number of hydrogen-bond donors (Lipinski definition) is 1. The molecule has 1 amide bonds. The summed E-state index contributed by atoms with van der Waals surface area (Å²) in [6, 6.07) is 25.4. The van der Waals surface area contributed by atoms with Crippen molar-refractivity contribution in [3.8, 4) is 11.1 Å². The first-order chi connectivity index (χ1) is 13.6. The second kappa shape index (κ2) is 7.83. The molecule has 138 valence electrons. The average Bonchev–Trinajstić information content (AvgIpc) is 2.72. The molecule has 3 aromatic carbocycles. The first-order valence-electron chi connectivity index (χ1n) is 9.11. The number of rotatable bonds is 4. The molecule has 1 aromatic heterocycles. The topological polar surface area (TPSA) is 42.0 Å². The van der Waals surface area contributed by atoms with Gasteiger partial charge in [0.25, 0.3) is 5.91 Å². The molecule has 0 spiro atoms. The Morgan fingerprint density at radius 3 is 2.39 bits per heavy atom. The van der Waals surface area contributed by atoms with E-state index in [1.807, 2.05) is 85.8 Å². The van der Waals surface area contributed by atoms with E-state index >= 15 is 0 Å². The van der Waals surface area contributed by atoms with Crippen LogP contribution in [0, 0.1) is 6.92 Å². The number of hydrogen-bond acceptors (Lipinski definition) is 2. The molecule has 0 fully saturated rings. The van der Waals surface area contributed by atoms with Crippen molar-refractivity contribution in [1.29, 1.82) is 0 Å². The van der Waals surface area contributed by atoms with Crippen molar-refractivity contribution in [2.75, 3.05) is 0 Å². The molecule has 0 saturated carbocycles. The third-order valence-electron chi connectivity index (χ3n) is 4.76. The van der Waals surface area contributed by atoms with Gasteiger partial charge in [0, 0.05) is 22.5 Å². The average molecular weight is 387 g/mol. The summed E-state index contributed by atoms with van der Waals surface area (Å²) in [7, 11) is 0. The molecular formula is C24H19ClN2O. The van der Waals surface area contributed by atoms with E-state index in [9.17, 15) is 4.79 Å². The van der Waals surface area contributed by atoms with E-state index in [-0.39, 0.29) is 5.91 Å². The first-order valence-corrected chi connectivity index (χ1v) is 9.49. The minimum absolute atomic E-state index is 0.158. The van der Waals surface area contributed by atoms with Crippen LogP contribution in [-0.4, -0.2) is 10.9 Å². The third-order valence-corrected chi connectivity index (χ3v) is 5.13. The lowest BCUT2D eigenvalue weighted by Crippen LogP contribution is -2.25. The number of carbonyl (C=O) groups is 1. The Labute approximate surface area is 169 Å². The summed E-state index contributed by atoms with van der Waals surface area (Å²) in [6.07, 6.45) is 0. The van der Waals surface area contributed by atoms with Crippen molar-refractivity contribution in [1.82, 2.24) is 10.3 Å². The summed E-state index contributed by atoms with van der Waals surface area (Å²) in [4.78, 5) is 17.9. The molecule has 4 heteroatoms. The smallest absolute Gasteiger partial charge is 0.254 e. The van der Waals surface area contributed by atoms with Crippen LogP contribution in [0.2, 0.25) is 5.02 Å². The zero-order valence-electron chi connectivity index (χ0n) is 15.4. The predicted molar refractivity (Wildman–Crippen MR) is 115 cm³/mol. The minimum Gasteiger partial charge on any atom is -0.348 e. The summed E-state index contributed by atoms with van der Waals surface area (Å²) < 4.78 is 0. The monoisotopic (exact) mass is 386 g/mol. The maximum absolute atomic E-state index is 13.2. The standard InChI is InChI=1S/C24H19ClN2O/c1-16-22(24(28)26-15-18-11-5-7-13-20(18)25)23(17-9-3-2-4-10-17)19-12-6-8-14-21(19)27-16/h2-14H,15H2,1H3,(H,26,28). The minimum atomic E-state index is -0.158. The van der Waals surface area contributed by atoms with Crippen LogP contribution in [0.1, 0.15) is 21.6 Å². The zero-order valence-corrected chi connectivity index (χ0v) is 16.2. The fourth-order valence-electron chi connectivity index (χ4n) is 3.42. The van der Waals surface area contributed by atoms with Gasteiger partial charge in [-0.25, -0.2) is 0 Å². The SMILES string of the molecule is Cc1nc2ccccc2c(-c2ccccc2)c1C(=O)NCc1ccccc1Cl. The molecule has 0 aliphatic carbocycles. The number of halogens is 1. The molecule has 0 atom stereocenters. The number of fused-ring (bicyclic) bond motifs is 1. The highest BCUT2D eigenvalue weighted by molar-refractivity contribution is 6.31. The molecule has 0 unspecified atom stereocenters. The summed E-state index contributed by atoms with van der Waals surface area (Å²) in [5, 5.41) is 4.61. The summed E-state index contributed by atoms with van der Waals surface area (Å²) in [5.74, 6) is -0.158. The largest absolute Gasteiger partial charge is 0.348 e. The number of nitrogens with one attached hydrogen (secondary N) is 1. The molecule has 1 heterocycles. The number of nitrogens with zero attached hydrogens (tertiary/aromatic N) is 1. The van der Waals surface area contributed by atoms with Gasteiger partial charge in [-0.15, -0.1) is 0 Å². The number of amides is 1. The highest BCUT2D eigenvalue weighted by Gasteiger charge is 2.20. The van der Waals surface area contributed by atoms with Crippen LogP contribution in [0.5, 0.6) is 0 Å². The van der Waals surface area contributed by atoms with Gasteiger partial charge in [0.2, 0.25) is 0 Å². The lowest BCUT2D eigenvalue weighted by molar-refractivity contribution is 0.0950. The summed E-state index contributed by atoms with van der Waals surface area (Å²) in [5.41, 5.74) is 4.95. The van der Waals surface area contributed by atoms with Gasteiger partial charge in [-0.2, -0.15) is 0 Å². The van der Waals surface area contributed by atoms with Crippen molar-refractivity contribution in [2.24, 2.45) is 0 Å². The Kier molecular flexibility index (Phi) is 5.09. The van der Waals surface area contributed by atoms with Crippen molar-refractivity contribution in [2.45, 2.75) is 13.5 Å². The number of aromatic nitrogens is 1. The molecule has 0 aliphatic heterocycles. The van der Waals surface area contributed by atoms with Crippen molar-refractivity contribution < 1.29 is 4.79 Å². The van der Waals surface area contributed by atoms with Gasteiger partial charge in [0.1, 0.15) is 0 Å². The second-order valence-electron chi connectivity index (χ2n) is 6.60. The molecule has 3 nitrogen and oxygen atoms in total. The van der Waals surface area contributed by atoms with Gasteiger partial charge < -0.3 is 5.32 Å². The van der Waals surface area contributed by atoms with Crippen LogP contribution in [0.3, 0.4) is 0 Å². The van der Waals surface area contributed by atoms with E-state index in [1.165, 1.54) is 0 Å². The van der Waals surface area contributed by atoms with E-state index in [0.717, 1.165) is 27.6 Å². The predicted octanol–water partition coefficient (Wildman–Crippen LogP) is 5.79. The molecule has 0 saturated heterocycles. The maximum Gasteiger partial charge on any atom is 0.254 e. The lowest BCUT2D eigenvalue weighted by atomic mass is 9.94. The fourth-order valence-corrected chi connectivity index (χ4v) is 3.63. The second-order valence-corrected chi connectivity index (χ2v) is 7.01. The number of carbonyl (C=O) groups excluding carboxylic acids is 1. The van der Waals surface area contributed by atoms with Gasteiger partial charge in [-0.1, -0.05) is 78.3 Å². The molecule has 0 bridgehead atoms. The Hall–Kier alpha value is -3.17. The molecule has 28 heavy (non-hydrogen) atoms. The quantitative estimate of drug-likeness (QED) is 0.482. The first kappa shape index (κ1) is 18.2. The molecule has 4 rings (SSSR count). The zero-order chi connectivity index (χ0) is 19.5. The molecule has 0 radical (unpaired) electrons. The van der Waals surface area contributed by atoms with Gasteiger partial charge in [-0.05, 0) is 30.2 Å². The van der Waals surface area contributed by atoms with E-state index < -0.39 is 0 Å². The van der Waals surface area contributed by atoms with E-state index in [0.29, 0.717) is 22.8 Å². The fraction of sp³-hybridized carbons (Fsp3) is 0.0833. The molecule has 4 aromatic rings. The van der Waals surface area contributed by atoms with Crippen LogP contribution in [0.25, 0.3) is 22.0 Å². The van der Waals surface area contributed by atoms with Crippen molar-refractivity contribution in [3.05, 3.63) is 101 Å². The molecule has 0 aliphatic rings. The summed E-state index contributed by atoms with van der Waals surface area (Å²) in [6.45, 7) is 2.24. The Morgan fingerprint density at radius 2 is 1.61 bits per heavy atom. The van der Waals surface area contributed by atoms with Gasteiger partial charge in [-0.3, -0.25) is 9.78 Å². The normalized spacial score (nSPS) is 10.8. The third kappa shape index (κ3) is 3.49. The Morgan fingerprint density at radius 1 is 0.929 bits per heavy atom. The maximum atomic E-state index is 13.2. The highest BCUT2D eigenvalue weighted by Crippen LogP contribution is 2.33. The number of para-hydroxylation sites is 1. The van der Waals surface area contributed by atoms with Gasteiger partial charge in [0.05, 0.1) is 16.8 Å². The lowest BCUT2D eigenvalue weighted by Gasteiger charge is -2.16. The Balaban J connectivity index is 1.81. The van der Waals surface area contributed by atoms with Gasteiger partial charge >= 0.3 is 0 Å². The van der Waals surface area contributed by atoms with Crippen LogP contribution < -0.4 is 5.32 Å². The van der Waals surface area contributed by atoms with Crippen LogP contribution in [0.4, 0.5) is 0 Å². The summed E-state index contributed by atoms with van der Waals surface area (Å²) >= 11 is 6.23. The highest BCUT2D eigenvalue weighted by atomic mass is 35.5. The van der Waals surface area contributed by atoms with Crippen molar-refractivity contribution >= 4 is 28.4 Å². The van der Waals surface area contributed by atoms with E-state index in [4.69, 9.17) is 11.6 Å². The molecule has 1 N–H and O–H groups in total. The number of benzene rings is 3. The molecular weight excluding hydrogens is 368 g/mol. The van der Waals surface area contributed by atoms with Crippen LogP contribution in [-0.2, 0) is 6.54 Å².